The molecule has 0 atom stereocenters. The smallest absolute Gasteiger partial charge is 0.261 e. The molecule has 3 aromatic rings. The summed E-state index contributed by atoms with van der Waals surface area (Å²) in [5.74, 6) is -2.18. The highest BCUT2D eigenvalue weighted by Crippen LogP contribution is 2.20. The topological polar surface area (TPSA) is 109 Å². The molecule has 3 rings (SSSR count). The average molecular weight is 483 g/mol. The van der Waals surface area contributed by atoms with Crippen molar-refractivity contribution in [1.82, 2.24) is 0 Å². The molecule has 0 radical (unpaired) electrons. The molecule has 0 saturated carbocycles. The zero-order valence-electron chi connectivity index (χ0n) is 15.7. The van der Waals surface area contributed by atoms with Crippen molar-refractivity contribution in [3.63, 3.8) is 0 Å². The second-order valence-electron chi connectivity index (χ2n) is 6.40. The molecule has 0 bridgehead atoms. The Balaban J connectivity index is 1.67. The number of hydrogen-bond donors (Lipinski definition) is 2. The van der Waals surface area contributed by atoms with Crippen LogP contribution in [-0.4, -0.2) is 28.5 Å². The van der Waals surface area contributed by atoms with E-state index in [1.807, 2.05) is 0 Å². The van der Waals surface area contributed by atoms with E-state index in [2.05, 4.69) is 10.0 Å². The van der Waals surface area contributed by atoms with Crippen molar-refractivity contribution >= 4 is 48.7 Å². The van der Waals surface area contributed by atoms with Crippen LogP contribution in [0.3, 0.4) is 0 Å². The zero-order valence-corrected chi connectivity index (χ0v) is 18.1. The SMILES string of the molecule is O=C(CS(=O)(=O)c1ccc(Cl)cc1)Nc1ccc(S(=O)(=O)Nc2cccc(F)c2)cc1. The van der Waals surface area contributed by atoms with Gasteiger partial charge in [0.2, 0.25) is 5.91 Å². The first kappa shape index (κ1) is 22.7. The second-order valence-corrected chi connectivity index (χ2v) is 10.5. The Morgan fingerprint density at radius 1 is 0.839 bits per heavy atom. The van der Waals surface area contributed by atoms with E-state index in [0.29, 0.717) is 5.02 Å². The Morgan fingerprint density at radius 3 is 2.06 bits per heavy atom. The average Bonchev–Trinajstić information content (AvgIpc) is 2.68. The van der Waals surface area contributed by atoms with Crippen LogP contribution in [-0.2, 0) is 24.7 Å². The van der Waals surface area contributed by atoms with Crippen molar-refractivity contribution < 1.29 is 26.0 Å². The number of hydrogen-bond acceptors (Lipinski definition) is 5. The van der Waals surface area contributed by atoms with Crippen LogP contribution in [0, 0.1) is 5.82 Å². The number of amides is 1. The Kier molecular flexibility index (Phi) is 6.63. The molecule has 7 nitrogen and oxygen atoms in total. The van der Waals surface area contributed by atoms with Crippen LogP contribution >= 0.6 is 11.6 Å². The molecule has 0 aliphatic carbocycles. The lowest BCUT2D eigenvalue weighted by molar-refractivity contribution is -0.113. The molecule has 0 aromatic heterocycles. The maximum absolute atomic E-state index is 13.2. The Labute approximate surface area is 183 Å². The van der Waals surface area contributed by atoms with Crippen molar-refractivity contribution in [1.29, 1.82) is 0 Å². The second kappa shape index (κ2) is 9.04. The minimum absolute atomic E-state index is 0.0445. The molecule has 1 amide bonds. The molecule has 0 spiro atoms. The van der Waals surface area contributed by atoms with Crippen molar-refractivity contribution in [2.45, 2.75) is 9.79 Å². The highest BCUT2D eigenvalue weighted by Gasteiger charge is 2.20. The molecule has 0 saturated heterocycles. The molecule has 3 aromatic carbocycles. The number of benzene rings is 3. The summed E-state index contributed by atoms with van der Waals surface area (Å²) < 4.78 is 64.9. The van der Waals surface area contributed by atoms with Gasteiger partial charge < -0.3 is 5.32 Å². The number of carbonyl (C=O) groups excluding carboxylic acids is 1. The van der Waals surface area contributed by atoms with Crippen molar-refractivity contribution in [3.05, 3.63) is 83.6 Å². The summed E-state index contributed by atoms with van der Waals surface area (Å²) in [5.41, 5.74) is 0.269. The molecule has 0 fully saturated rings. The molecule has 0 heterocycles. The van der Waals surface area contributed by atoms with Crippen LogP contribution in [0.15, 0.2) is 82.6 Å². The van der Waals surface area contributed by atoms with Crippen LogP contribution in [0.1, 0.15) is 0 Å². The lowest BCUT2D eigenvalue weighted by Crippen LogP contribution is -2.23. The van der Waals surface area contributed by atoms with Crippen LogP contribution in [0.25, 0.3) is 0 Å². The number of sulfonamides is 1. The Bertz CT molecular complexity index is 1310. The molecule has 11 heteroatoms. The third-order valence-electron chi connectivity index (χ3n) is 4.02. The number of halogens is 2. The highest BCUT2D eigenvalue weighted by atomic mass is 35.5. The molecule has 0 aliphatic rings. The fourth-order valence-corrected chi connectivity index (χ4v) is 4.89. The van der Waals surface area contributed by atoms with Crippen LogP contribution < -0.4 is 10.0 Å². The van der Waals surface area contributed by atoms with Gasteiger partial charge in [0.05, 0.1) is 15.5 Å². The van der Waals surface area contributed by atoms with Gasteiger partial charge in [-0.05, 0) is 66.7 Å². The maximum atomic E-state index is 13.2. The number of nitrogens with one attached hydrogen (secondary N) is 2. The number of rotatable bonds is 7. The third kappa shape index (κ3) is 6.03. The van der Waals surface area contributed by atoms with E-state index >= 15 is 0 Å². The van der Waals surface area contributed by atoms with Gasteiger partial charge >= 0.3 is 0 Å². The monoisotopic (exact) mass is 482 g/mol. The molecule has 0 aliphatic heterocycles. The van der Waals surface area contributed by atoms with Gasteiger partial charge in [0.1, 0.15) is 11.6 Å². The molecular weight excluding hydrogens is 467 g/mol. The van der Waals surface area contributed by atoms with E-state index < -0.39 is 37.3 Å². The summed E-state index contributed by atoms with van der Waals surface area (Å²) >= 11 is 5.73. The largest absolute Gasteiger partial charge is 0.325 e. The zero-order chi connectivity index (χ0) is 22.6. The van der Waals surface area contributed by atoms with Crippen molar-refractivity contribution in [2.24, 2.45) is 0 Å². The van der Waals surface area contributed by atoms with Crippen molar-refractivity contribution in [2.75, 3.05) is 15.8 Å². The lowest BCUT2D eigenvalue weighted by atomic mass is 10.3. The Morgan fingerprint density at radius 2 is 1.45 bits per heavy atom. The molecule has 2 N–H and O–H groups in total. The number of carbonyl (C=O) groups is 1. The summed E-state index contributed by atoms with van der Waals surface area (Å²) in [4.78, 5) is 12.0. The number of anilines is 2. The summed E-state index contributed by atoms with van der Waals surface area (Å²) in [5, 5.41) is 2.77. The van der Waals surface area contributed by atoms with Gasteiger partial charge in [-0.1, -0.05) is 17.7 Å². The summed E-state index contributed by atoms with van der Waals surface area (Å²) in [6.45, 7) is 0. The predicted molar refractivity (Wildman–Crippen MR) is 116 cm³/mol. The van der Waals surface area contributed by atoms with E-state index in [0.717, 1.165) is 6.07 Å². The summed E-state index contributed by atoms with van der Waals surface area (Å²) in [6, 6.07) is 15.5. The summed E-state index contributed by atoms with van der Waals surface area (Å²) in [7, 11) is -7.85. The van der Waals surface area contributed by atoms with Gasteiger partial charge in [0, 0.05) is 10.7 Å². The highest BCUT2D eigenvalue weighted by molar-refractivity contribution is 7.92. The van der Waals surface area contributed by atoms with E-state index in [4.69, 9.17) is 11.6 Å². The predicted octanol–water partition coefficient (Wildman–Crippen LogP) is 3.69. The minimum Gasteiger partial charge on any atom is -0.325 e. The van der Waals surface area contributed by atoms with Crippen LogP contribution in [0.5, 0.6) is 0 Å². The van der Waals surface area contributed by atoms with Crippen LogP contribution in [0.4, 0.5) is 15.8 Å². The van der Waals surface area contributed by atoms with E-state index in [1.165, 1.54) is 66.7 Å². The molecular formula is C20H16ClFN2O5S2. The fraction of sp³-hybridized carbons (Fsp3) is 0.0500. The first-order valence-electron chi connectivity index (χ1n) is 8.72. The fourth-order valence-electron chi connectivity index (χ4n) is 2.58. The van der Waals surface area contributed by atoms with Gasteiger partial charge in [-0.2, -0.15) is 0 Å². The Hall–Kier alpha value is -2.95. The van der Waals surface area contributed by atoms with Crippen LogP contribution in [0.2, 0.25) is 5.02 Å². The van der Waals surface area contributed by atoms with Gasteiger partial charge in [0.15, 0.2) is 9.84 Å². The first-order chi connectivity index (χ1) is 14.5. The van der Waals surface area contributed by atoms with E-state index in [-0.39, 0.29) is 21.2 Å². The van der Waals surface area contributed by atoms with Gasteiger partial charge in [-0.15, -0.1) is 0 Å². The summed E-state index contributed by atoms with van der Waals surface area (Å²) in [6.07, 6.45) is 0. The molecule has 0 unspecified atom stereocenters. The lowest BCUT2D eigenvalue weighted by Gasteiger charge is -2.10. The van der Waals surface area contributed by atoms with E-state index in [1.54, 1.807) is 0 Å². The van der Waals surface area contributed by atoms with Gasteiger partial charge in [-0.3, -0.25) is 9.52 Å². The molecule has 162 valence electrons. The maximum Gasteiger partial charge on any atom is 0.261 e. The first-order valence-corrected chi connectivity index (χ1v) is 12.2. The quantitative estimate of drug-likeness (QED) is 0.533. The standard InChI is InChI=1S/C20H16ClFN2O5S2/c21-14-4-8-18(9-5-14)30(26,27)13-20(25)23-16-6-10-19(11-7-16)31(28,29)24-17-3-1-2-15(22)12-17/h1-12,24H,13H2,(H,23,25). The van der Waals surface area contributed by atoms with Gasteiger partial charge in [0.25, 0.3) is 10.0 Å². The van der Waals surface area contributed by atoms with Crippen molar-refractivity contribution in [3.8, 4) is 0 Å². The van der Waals surface area contributed by atoms with Gasteiger partial charge in [-0.25, -0.2) is 21.2 Å². The third-order valence-corrected chi connectivity index (χ3v) is 7.30. The van der Waals surface area contributed by atoms with E-state index in [9.17, 15) is 26.0 Å². The number of sulfone groups is 1. The normalized spacial score (nSPS) is 11.7. The minimum atomic E-state index is -3.98. The molecule has 31 heavy (non-hydrogen) atoms.